The van der Waals surface area contributed by atoms with Gasteiger partial charge >= 0.3 is 6.03 Å². The number of carbonyl (C=O) groups is 2. The molecule has 0 bridgehead atoms. The Kier molecular flexibility index (Phi) is 5.51. The highest BCUT2D eigenvalue weighted by molar-refractivity contribution is 5.78. The number of urea groups is 1. The number of aryl methyl sites for hydroxylation is 1. The van der Waals surface area contributed by atoms with Gasteiger partial charge in [0.2, 0.25) is 5.91 Å². The van der Waals surface area contributed by atoms with E-state index in [2.05, 4.69) is 19.1 Å². The second kappa shape index (κ2) is 7.66. The van der Waals surface area contributed by atoms with Gasteiger partial charge in [0.05, 0.1) is 6.04 Å². The minimum absolute atomic E-state index is 0.0148. The van der Waals surface area contributed by atoms with Crippen LogP contribution in [0.2, 0.25) is 0 Å². The van der Waals surface area contributed by atoms with Crippen LogP contribution in [-0.2, 0) is 9.53 Å². The number of amides is 3. The normalized spacial score (nSPS) is 24.7. The number of ether oxygens (including phenoxy) is 1. The molecule has 2 aliphatic rings. The third-order valence-corrected chi connectivity index (χ3v) is 5.58. The van der Waals surface area contributed by atoms with Crippen molar-refractivity contribution in [1.29, 1.82) is 0 Å². The smallest absolute Gasteiger partial charge is 0.320 e. The van der Waals surface area contributed by atoms with E-state index in [4.69, 9.17) is 4.74 Å². The first kappa shape index (κ1) is 18.7. The lowest BCUT2D eigenvalue weighted by Crippen LogP contribution is -2.42. The van der Waals surface area contributed by atoms with E-state index in [9.17, 15) is 9.59 Å². The fourth-order valence-corrected chi connectivity index (χ4v) is 4.30. The van der Waals surface area contributed by atoms with E-state index in [1.54, 1.807) is 19.0 Å². The van der Waals surface area contributed by atoms with Gasteiger partial charge in [-0.15, -0.1) is 0 Å². The first-order chi connectivity index (χ1) is 12.4. The summed E-state index contributed by atoms with van der Waals surface area (Å²) in [4.78, 5) is 30.7. The number of hydrogen-bond donors (Lipinski definition) is 0. The van der Waals surface area contributed by atoms with Crippen LogP contribution in [0, 0.1) is 18.8 Å². The number of rotatable bonds is 4. The molecule has 0 saturated carbocycles. The minimum Gasteiger partial charge on any atom is -0.372 e. The summed E-state index contributed by atoms with van der Waals surface area (Å²) in [7, 11) is 3.59. The maximum Gasteiger partial charge on any atom is 0.320 e. The van der Waals surface area contributed by atoms with Crippen LogP contribution < -0.4 is 0 Å². The second-order valence-corrected chi connectivity index (χ2v) is 7.49. The van der Waals surface area contributed by atoms with Gasteiger partial charge in [-0.1, -0.05) is 24.3 Å². The standard InChI is InChI=1S/C20H29N3O3/c1-5-26-13-18(24)22-10-15-11-23(20(25)21(3)4)19(17(15)12-22)16-9-7-6-8-14(16)2/h6-9,15,17,19H,5,10-13H2,1-4H3/t15-,17-,19+/m1/s1. The van der Waals surface area contributed by atoms with Gasteiger partial charge in [-0.2, -0.15) is 0 Å². The van der Waals surface area contributed by atoms with Gasteiger partial charge in [-0.05, 0) is 25.0 Å². The minimum atomic E-state index is 0.0148. The average Bonchev–Trinajstić information content (AvgIpc) is 3.17. The molecular formula is C20H29N3O3. The summed E-state index contributed by atoms with van der Waals surface area (Å²) in [5, 5.41) is 0. The Labute approximate surface area is 155 Å². The van der Waals surface area contributed by atoms with Crippen LogP contribution in [0.15, 0.2) is 24.3 Å². The van der Waals surface area contributed by atoms with Gasteiger partial charge in [-0.3, -0.25) is 4.79 Å². The SMILES string of the molecule is CCOCC(=O)N1C[C@@H]2CN(C(=O)N(C)C)[C@@H](c3ccccc3C)[C@@H]2C1. The van der Waals surface area contributed by atoms with Gasteiger partial charge in [0.1, 0.15) is 6.61 Å². The first-order valence-electron chi connectivity index (χ1n) is 9.33. The lowest BCUT2D eigenvalue weighted by atomic mass is 9.88. The highest BCUT2D eigenvalue weighted by atomic mass is 16.5. The van der Waals surface area contributed by atoms with Crippen molar-refractivity contribution in [3.63, 3.8) is 0 Å². The molecule has 3 amide bonds. The molecule has 0 aliphatic carbocycles. The highest BCUT2D eigenvalue weighted by Crippen LogP contribution is 2.46. The van der Waals surface area contributed by atoms with Crippen LogP contribution in [0.3, 0.4) is 0 Å². The van der Waals surface area contributed by atoms with Crippen molar-refractivity contribution < 1.29 is 14.3 Å². The predicted octanol–water partition coefficient (Wildman–Crippen LogP) is 2.14. The lowest BCUT2D eigenvalue weighted by Gasteiger charge is -2.32. The molecule has 3 rings (SSSR count). The topological polar surface area (TPSA) is 53.1 Å². The number of hydrogen-bond acceptors (Lipinski definition) is 3. The Bertz CT molecular complexity index is 676. The van der Waals surface area contributed by atoms with Crippen molar-refractivity contribution in [2.24, 2.45) is 11.8 Å². The maximum atomic E-state index is 12.8. The van der Waals surface area contributed by atoms with Gasteiger partial charge < -0.3 is 19.4 Å². The zero-order valence-corrected chi connectivity index (χ0v) is 16.1. The maximum absolute atomic E-state index is 12.8. The molecule has 2 saturated heterocycles. The van der Waals surface area contributed by atoms with Crippen molar-refractivity contribution in [2.45, 2.75) is 19.9 Å². The number of nitrogens with zero attached hydrogens (tertiary/aromatic N) is 3. The monoisotopic (exact) mass is 359 g/mol. The zero-order chi connectivity index (χ0) is 18.8. The van der Waals surface area contributed by atoms with Gasteiger partial charge in [0.15, 0.2) is 0 Å². The van der Waals surface area contributed by atoms with Crippen molar-refractivity contribution in [2.75, 3.05) is 46.9 Å². The van der Waals surface area contributed by atoms with E-state index in [1.165, 1.54) is 11.1 Å². The average molecular weight is 359 g/mol. The molecule has 6 heteroatoms. The van der Waals surface area contributed by atoms with Crippen LogP contribution in [-0.4, -0.2) is 73.6 Å². The number of carbonyl (C=O) groups excluding carboxylic acids is 2. The van der Waals surface area contributed by atoms with Crippen molar-refractivity contribution in [3.8, 4) is 0 Å². The van der Waals surface area contributed by atoms with Gasteiger partial charge in [-0.25, -0.2) is 4.79 Å². The van der Waals surface area contributed by atoms with Crippen LogP contribution in [0.25, 0.3) is 0 Å². The fraction of sp³-hybridized carbons (Fsp3) is 0.600. The van der Waals surface area contributed by atoms with E-state index < -0.39 is 0 Å². The Morgan fingerprint density at radius 1 is 1.19 bits per heavy atom. The molecule has 1 aromatic carbocycles. The van der Waals surface area contributed by atoms with Gasteiger partial charge in [0, 0.05) is 52.2 Å². The van der Waals surface area contributed by atoms with Crippen LogP contribution >= 0.6 is 0 Å². The Balaban J connectivity index is 1.85. The first-order valence-corrected chi connectivity index (χ1v) is 9.33. The van der Waals surface area contributed by atoms with Crippen LogP contribution in [0.4, 0.5) is 4.79 Å². The summed E-state index contributed by atoms with van der Waals surface area (Å²) in [6, 6.07) is 8.31. The molecular weight excluding hydrogens is 330 g/mol. The molecule has 0 spiro atoms. The number of likely N-dealkylation sites (tertiary alicyclic amines) is 2. The van der Waals surface area contributed by atoms with Gasteiger partial charge in [0.25, 0.3) is 0 Å². The Morgan fingerprint density at radius 3 is 2.58 bits per heavy atom. The second-order valence-electron chi connectivity index (χ2n) is 7.49. The predicted molar refractivity (Wildman–Crippen MR) is 99.8 cm³/mol. The van der Waals surface area contributed by atoms with E-state index in [0.29, 0.717) is 32.2 Å². The van der Waals surface area contributed by atoms with Crippen molar-refractivity contribution >= 4 is 11.9 Å². The number of benzene rings is 1. The van der Waals surface area contributed by atoms with Crippen LogP contribution in [0.1, 0.15) is 24.1 Å². The third-order valence-electron chi connectivity index (χ3n) is 5.58. The van der Waals surface area contributed by atoms with E-state index >= 15 is 0 Å². The molecule has 0 aromatic heterocycles. The molecule has 1 aromatic rings. The third kappa shape index (κ3) is 3.43. The molecule has 3 atom stereocenters. The molecule has 2 fully saturated rings. The lowest BCUT2D eigenvalue weighted by molar-refractivity contribution is -0.135. The Morgan fingerprint density at radius 2 is 1.92 bits per heavy atom. The van der Waals surface area contributed by atoms with E-state index in [0.717, 1.165) is 0 Å². The zero-order valence-electron chi connectivity index (χ0n) is 16.1. The molecule has 0 unspecified atom stereocenters. The summed E-state index contributed by atoms with van der Waals surface area (Å²) in [6.07, 6.45) is 0. The van der Waals surface area contributed by atoms with E-state index in [-0.39, 0.29) is 30.5 Å². The highest BCUT2D eigenvalue weighted by Gasteiger charge is 2.50. The number of fused-ring (bicyclic) bond motifs is 1. The molecule has 26 heavy (non-hydrogen) atoms. The molecule has 142 valence electrons. The van der Waals surface area contributed by atoms with Crippen LogP contribution in [0.5, 0.6) is 0 Å². The molecule has 2 aliphatic heterocycles. The molecule has 2 heterocycles. The summed E-state index contributed by atoms with van der Waals surface area (Å²) in [5.74, 6) is 0.634. The van der Waals surface area contributed by atoms with Crippen molar-refractivity contribution in [3.05, 3.63) is 35.4 Å². The summed E-state index contributed by atoms with van der Waals surface area (Å²) >= 11 is 0. The molecule has 0 radical (unpaired) electrons. The van der Waals surface area contributed by atoms with Crippen molar-refractivity contribution in [1.82, 2.24) is 14.7 Å². The summed E-state index contributed by atoms with van der Waals surface area (Å²) < 4.78 is 5.29. The summed E-state index contributed by atoms with van der Waals surface area (Å²) in [6.45, 7) is 6.76. The largest absolute Gasteiger partial charge is 0.372 e. The van der Waals surface area contributed by atoms with E-state index in [1.807, 2.05) is 28.9 Å². The summed E-state index contributed by atoms with van der Waals surface area (Å²) in [5.41, 5.74) is 2.38. The molecule has 6 nitrogen and oxygen atoms in total. The molecule has 0 N–H and O–H groups in total. The fourth-order valence-electron chi connectivity index (χ4n) is 4.30. The Hall–Kier alpha value is -2.08. The quantitative estimate of drug-likeness (QED) is 0.828.